The van der Waals surface area contributed by atoms with Gasteiger partial charge in [0.25, 0.3) is 5.92 Å². The molecule has 0 aromatic heterocycles. The number of halogens is 2. The maximum absolute atomic E-state index is 14.2. The number of alkyl halides is 2. The van der Waals surface area contributed by atoms with E-state index >= 15 is 0 Å². The van der Waals surface area contributed by atoms with Crippen LogP contribution in [0.2, 0.25) is 0 Å². The lowest BCUT2D eigenvalue weighted by molar-refractivity contribution is -0.0130. The van der Waals surface area contributed by atoms with E-state index in [2.05, 4.69) is 0 Å². The van der Waals surface area contributed by atoms with Crippen molar-refractivity contribution >= 4 is 0 Å². The number of hydrogen-bond acceptors (Lipinski definition) is 0. The van der Waals surface area contributed by atoms with Crippen molar-refractivity contribution in [3.05, 3.63) is 96.1 Å². The van der Waals surface area contributed by atoms with Crippen LogP contribution in [0.4, 0.5) is 8.78 Å². The molecule has 0 amide bonds. The average Bonchev–Trinajstić information content (AvgIpc) is 2.62. The van der Waals surface area contributed by atoms with Crippen molar-refractivity contribution < 1.29 is 8.78 Å². The SMILES string of the molecule is FC(F)(CCc1ccc(-c2ccccc2)cc1)c1ccccc1. The van der Waals surface area contributed by atoms with E-state index in [0.717, 1.165) is 16.7 Å². The van der Waals surface area contributed by atoms with E-state index in [4.69, 9.17) is 0 Å². The lowest BCUT2D eigenvalue weighted by Crippen LogP contribution is -2.14. The van der Waals surface area contributed by atoms with E-state index < -0.39 is 5.92 Å². The first-order valence-electron chi connectivity index (χ1n) is 7.73. The number of aryl methyl sites for hydroxylation is 1. The smallest absolute Gasteiger partial charge is 0.201 e. The molecule has 0 N–H and O–H groups in total. The fourth-order valence-electron chi connectivity index (χ4n) is 2.62. The zero-order chi connectivity index (χ0) is 16.1. The van der Waals surface area contributed by atoms with Gasteiger partial charge in [0.05, 0.1) is 0 Å². The Morgan fingerprint density at radius 1 is 0.609 bits per heavy atom. The van der Waals surface area contributed by atoms with Gasteiger partial charge in [0.15, 0.2) is 0 Å². The molecule has 0 atom stereocenters. The summed E-state index contributed by atoms with van der Waals surface area (Å²) < 4.78 is 28.4. The second-order valence-corrected chi connectivity index (χ2v) is 5.63. The summed E-state index contributed by atoms with van der Waals surface area (Å²) in [4.78, 5) is 0. The molecule has 3 aromatic carbocycles. The van der Waals surface area contributed by atoms with E-state index in [0.29, 0.717) is 6.42 Å². The summed E-state index contributed by atoms with van der Waals surface area (Å²) >= 11 is 0. The van der Waals surface area contributed by atoms with Crippen LogP contribution in [0.1, 0.15) is 17.5 Å². The minimum atomic E-state index is -2.79. The van der Waals surface area contributed by atoms with E-state index in [1.54, 1.807) is 18.2 Å². The Hall–Kier alpha value is -2.48. The summed E-state index contributed by atoms with van der Waals surface area (Å²) in [5.41, 5.74) is 3.25. The third-order valence-electron chi connectivity index (χ3n) is 3.98. The van der Waals surface area contributed by atoms with Gasteiger partial charge in [-0.15, -0.1) is 0 Å². The predicted octanol–water partition coefficient (Wildman–Crippen LogP) is 6.08. The fraction of sp³-hybridized carbons (Fsp3) is 0.143. The van der Waals surface area contributed by atoms with Crippen LogP contribution in [0.15, 0.2) is 84.9 Å². The van der Waals surface area contributed by atoms with Crippen molar-refractivity contribution in [3.63, 3.8) is 0 Å². The molecule has 0 bridgehead atoms. The Morgan fingerprint density at radius 3 is 1.74 bits per heavy atom. The molecule has 3 aromatic rings. The van der Waals surface area contributed by atoms with Gasteiger partial charge in [-0.05, 0) is 23.1 Å². The van der Waals surface area contributed by atoms with E-state index in [1.807, 2.05) is 54.6 Å². The van der Waals surface area contributed by atoms with Crippen LogP contribution in [-0.2, 0) is 12.3 Å². The minimum Gasteiger partial charge on any atom is -0.201 e. The molecule has 116 valence electrons. The first-order valence-corrected chi connectivity index (χ1v) is 7.73. The Labute approximate surface area is 135 Å². The molecule has 0 aliphatic heterocycles. The van der Waals surface area contributed by atoms with Crippen LogP contribution >= 0.6 is 0 Å². The number of rotatable bonds is 5. The van der Waals surface area contributed by atoms with E-state index in [1.165, 1.54) is 12.1 Å². The first-order chi connectivity index (χ1) is 11.1. The first kappa shape index (κ1) is 15.4. The predicted molar refractivity (Wildman–Crippen MR) is 90.5 cm³/mol. The molecule has 0 saturated heterocycles. The third kappa shape index (κ3) is 3.84. The highest BCUT2D eigenvalue weighted by Crippen LogP contribution is 2.33. The van der Waals surface area contributed by atoms with Crippen molar-refractivity contribution in [2.45, 2.75) is 18.8 Å². The van der Waals surface area contributed by atoms with Crippen molar-refractivity contribution in [1.29, 1.82) is 0 Å². The molecule has 23 heavy (non-hydrogen) atoms. The molecule has 0 nitrogen and oxygen atoms in total. The Balaban J connectivity index is 1.67. The average molecular weight is 308 g/mol. The number of hydrogen-bond donors (Lipinski definition) is 0. The highest BCUT2D eigenvalue weighted by molar-refractivity contribution is 5.63. The van der Waals surface area contributed by atoms with Gasteiger partial charge in [-0.1, -0.05) is 84.9 Å². The minimum absolute atomic E-state index is 0.0842. The summed E-state index contributed by atoms with van der Waals surface area (Å²) in [6, 6.07) is 25.9. The van der Waals surface area contributed by atoms with Gasteiger partial charge in [0.1, 0.15) is 0 Å². The molecular weight excluding hydrogens is 290 g/mol. The molecule has 0 aliphatic rings. The molecule has 0 spiro atoms. The van der Waals surface area contributed by atoms with Gasteiger partial charge in [0, 0.05) is 12.0 Å². The van der Waals surface area contributed by atoms with Crippen molar-refractivity contribution in [1.82, 2.24) is 0 Å². The zero-order valence-electron chi connectivity index (χ0n) is 12.8. The summed E-state index contributed by atoms with van der Waals surface area (Å²) in [7, 11) is 0. The van der Waals surface area contributed by atoms with E-state index in [-0.39, 0.29) is 12.0 Å². The van der Waals surface area contributed by atoms with Crippen LogP contribution < -0.4 is 0 Å². The van der Waals surface area contributed by atoms with Crippen LogP contribution in [0.25, 0.3) is 11.1 Å². The molecule has 2 heteroatoms. The van der Waals surface area contributed by atoms with Gasteiger partial charge in [-0.25, -0.2) is 8.78 Å². The van der Waals surface area contributed by atoms with Gasteiger partial charge >= 0.3 is 0 Å². The monoisotopic (exact) mass is 308 g/mol. The lowest BCUT2D eigenvalue weighted by atomic mass is 9.98. The summed E-state index contributed by atoms with van der Waals surface area (Å²) in [6.07, 6.45) is 0.179. The standard InChI is InChI=1S/C21H18F2/c22-21(23,20-9-5-2-6-10-20)16-15-17-11-13-19(14-12-17)18-7-3-1-4-8-18/h1-14H,15-16H2. The molecule has 0 aliphatic carbocycles. The normalized spacial score (nSPS) is 11.4. The highest BCUT2D eigenvalue weighted by Gasteiger charge is 2.30. The Bertz CT molecular complexity index is 732. The second kappa shape index (κ2) is 6.74. The second-order valence-electron chi connectivity index (χ2n) is 5.63. The fourth-order valence-corrected chi connectivity index (χ4v) is 2.62. The van der Waals surface area contributed by atoms with E-state index in [9.17, 15) is 8.78 Å². The maximum atomic E-state index is 14.2. The molecular formula is C21H18F2. The summed E-state index contributed by atoms with van der Waals surface area (Å²) in [5, 5.41) is 0. The van der Waals surface area contributed by atoms with Gasteiger partial charge in [-0.2, -0.15) is 0 Å². The zero-order valence-corrected chi connectivity index (χ0v) is 12.8. The topological polar surface area (TPSA) is 0 Å². The van der Waals surface area contributed by atoms with Crippen LogP contribution in [-0.4, -0.2) is 0 Å². The largest absolute Gasteiger partial charge is 0.273 e. The Kier molecular flexibility index (Phi) is 4.52. The maximum Gasteiger partial charge on any atom is 0.273 e. The molecule has 0 fully saturated rings. The lowest BCUT2D eigenvalue weighted by Gasteiger charge is -2.16. The molecule has 0 heterocycles. The molecule has 0 radical (unpaired) electrons. The molecule has 3 rings (SSSR count). The van der Waals surface area contributed by atoms with Gasteiger partial charge in [0.2, 0.25) is 0 Å². The Morgan fingerprint density at radius 2 is 1.13 bits per heavy atom. The van der Waals surface area contributed by atoms with Crippen molar-refractivity contribution in [2.75, 3.05) is 0 Å². The summed E-state index contributed by atoms with van der Waals surface area (Å²) in [5.74, 6) is -2.79. The quantitative estimate of drug-likeness (QED) is 0.536. The third-order valence-corrected chi connectivity index (χ3v) is 3.98. The van der Waals surface area contributed by atoms with Gasteiger partial charge < -0.3 is 0 Å². The van der Waals surface area contributed by atoms with Crippen molar-refractivity contribution in [2.24, 2.45) is 0 Å². The number of benzene rings is 3. The summed E-state index contributed by atoms with van der Waals surface area (Å²) in [6.45, 7) is 0. The van der Waals surface area contributed by atoms with Crippen LogP contribution in [0.3, 0.4) is 0 Å². The van der Waals surface area contributed by atoms with Crippen molar-refractivity contribution in [3.8, 4) is 11.1 Å². The van der Waals surface area contributed by atoms with Crippen LogP contribution in [0.5, 0.6) is 0 Å². The molecule has 0 saturated carbocycles. The van der Waals surface area contributed by atoms with Gasteiger partial charge in [-0.3, -0.25) is 0 Å². The highest BCUT2D eigenvalue weighted by atomic mass is 19.3. The molecule has 0 unspecified atom stereocenters. The van der Waals surface area contributed by atoms with Crippen LogP contribution in [0, 0.1) is 0 Å².